The van der Waals surface area contributed by atoms with Crippen LogP contribution in [-0.4, -0.2) is 13.7 Å². The van der Waals surface area contributed by atoms with Gasteiger partial charge in [-0.25, -0.2) is 0 Å². The monoisotopic (exact) mass is 304 g/mol. The molecule has 21 heavy (non-hydrogen) atoms. The predicted octanol–water partition coefficient (Wildman–Crippen LogP) is 5.86. The summed E-state index contributed by atoms with van der Waals surface area (Å²) in [5.41, 5.74) is 5.23. The molecule has 1 saturated carbocycles. The van der Waals surface area contributed by atoms with Crippen molar-refractivity contribution in [2.75, 3.05) is 0 Å². The van der Waals surface area contributed by atoms with E-state index in [1.165, 1.54) is 29.5 Å². The van der Waals surface area contributed by atoms with Gasteiger partial charge in [0.15, 0.2) is 0 Å². The van der Waals surface area contributed by atoms with Crippen LogP contribution in [0.25, 0.3) is 0 Å². The van der Waals surface area contributed by atoms with Crippen molar-refractivity contribution in [3.05, 3.63) is 34.9 Å². The molecule has 1 nitrogen and oxygen atoms in total. The quantitative estimate of drug-likeness (QED) is 0.598. The highest BCUT2D eigenvalue weighted by atomic mass is 28.3. The van der Waals surface area contributed by atoms with Crippen molar-refractivity contribution in [2.45, 2.75) is 83.8 Å². The molecule has 0 amide bonds. The largest absolute Gasteiger partial charge is 0.371 e. The van der Waals surface area contributed by atoms with E-state index in [4.69, 9.17) is 4.74 Å². The summed E-state index contributed by atoms with van der Waals surface area (Å²) in [6, 6.07) is 7.09. The zero-order chi connectivity index (χ0) is 15.8. The Morgan fingerprint density at radius 2 is 1.76 bits per heavy atom. The van der Waals surface area contributed by atoms with Gasteiger partial charge in [0.05, 0.1) is 20.3 Å². The van der Waals surface area contributed by atoms with Gasteiger partial charge < -0.3 is 4.74 Å². The van der Waals surface area contributed by atoms with Crippen LogP contribution in [-0.2, 0) is 11.3 Å². The maximum absolute atomic E-state index is 6.09. The van der Waals surface area contributed by atoms with E-state index in [0.29, 0.717) is 11.5 Å². The number of rotatable bonds is 6. The Morgan fingerprint density at radius 3 is 2.24 bits per heavy atom. The van der Waals surface area contributed by atoms with Gasteiger partial charge in [0.1, 0.15) is 0 Å². The summed E-state index contributed by atoms with van der Waals surface area (Å²) in [6.45, 7) is 17.3. The summed E-state index contributed by atoms with van der Waals surface area (Å²) in [7, 11) is -1.15. The lowest BCUT2D eigenvalue weighted by Crippen LogP contribution is -2.28. The van der Waals surface area contributed by atoms with Crippen LogP contribution in [0.4, 0.5) is 0 Å². The Balaban J connectivity index is 2.22. The lowest BCUT2D eigenvalue weighted by Gasteiger charge is -2.27. The molecule has 1 fully saturated rings. The molecule has 1 aromatic carbocycles. The molecule has 118 valence electrons. The first kappa shape index (κ1) is 16.8. The Labute approximate surface area is 132 Å². The molecule has 1 aliphatic carbocycles. The molecule has 0 heterocycles. The van der Waals surface area contributed by atoms with Crippen molar-refractivity contribution < 1.29 is 4.74 Å². The van der Waals surface area contributed by atoms with Crippen molar-refractivity contribution in [3.8, 4) is 0 Å². The first-order valence-electron chi connectivity index (χ1n) is 8.39. The molecule has 0 bridgehead atoms. The fourth-order valence-corrected chi connectivity index (χ4v) is 3.80. The van der Waals surface area contributed by atoms with E-state index in [-0.39, 0.29) is 5.60 Å². The smallest absolute Gasteiger partial charge is 0.0727 e. The van der Waals surface area contributed by atoms with E-state index in [9.17, 15) is 0 Å². The normalized spacial score (nSPS) is 18.9. The second-order valence-corrected chi connectivity index (χ2v) is 14.0. The van der Waals surface area contributed by atoms with Crippen LogP contribution in [0.3, 0.4) is 0 Å². The summed E-state index contributed by atoms with van der Waals surface area (Å²) in [4.78, 5) is 0. The summed E-state index contributed by atoms with van der Waals surface area (Å²) < 4.78 is 6.09. The average molecular weight is 305 g/mol. The fourth-order valence-electron chi connectivity index (χ4n) is 2.62. The maximum atomic E-state index is 6.09. The summed E-state index contributed by atoms with van der Waals surface area (Å²) >= 11 is 0. The summed E-state index contributed by atoms with van der Waals surface area (Å²) in [5.74, 6) is 0.560. The van der Waals surface area contributed by atoms with Crippen molar-refractivity contribution in [1.29, 1.82) is 0 Å². The van der Waals surface area contributed by atoms with E-state index in [0.717, 1.165) is 6.61 Å². The minimum absolute atomic E-state index is 0.165. The minimum Gasteiger partial charge on any atom is -0.371 e. The summed E-state index contributed by atoms with van der Waals surface area (Å²) in [5, 5.41) is 0. The van der Waals surface area contributed by atoms with Crippen molar-refractivity contribution in [1.82, 2.24) is 0 Å². The van der Waals surface area contributed by atoms with Crippen LogP contribution >= 0.6 is 0 Å². The lowest BCUT2D eigenvalue weighted by molar-refractivity contribution is 0.0330. The third-order valence-corrected chi connectivity index (χ3v) is 8.05. The molecule has 1 atom stereocenters. The van der Waals surface area contributed by atoms with Gasteiger partial charge in [0.2, 0.25) is 0 Å². The standard InChI is InChI=1S/C19H32OSi/c1-14(2)18-12-16(15(3)21(5,6)7)8-9-17(18)13-20-19(4)10-11-19/h8-9,12,14-15H,10-11,13H2,1-7H3. The molecule has 0 spiro atoms. The molecule has 0 aliphatic heterocycles. The molecule has 0 radical (unpaired) electrons. The van der Waals surface area contributed by atoms with Crippen LogP contribution in [0.15, 0.2) is 18.2 Å². The zero-order valence-electron chi connectivity index (χ0n) is 14.9. The molecule has 2 rings (SSSR count). The van der Waals surface area contributed by atoms with Crippen LogP contribution in [0.2, 0.25) is 19.6 Å². The molecule has 0 N–H and O–H groups in total. The molecule has 1 aliphatic rings. The third-order valence-electron chi connectivity index (χ3n) is 5.12. The first-order valence-corrected chi connectivity index (χ1v) is 12.0. The van der Waals surface area contributed by atoms with Crippen molar-refractivity contribution in [2.24, 2.45) is 0 Å². The van der Waals surface area contributed by atoms with E-state index >= 15 is 0 Å². The van der Waals surface area contributed by atoms with Gasteiger partial charge in [0.25, 0.3) is 0 Å². The molecule has 0 saturated heterocycles. The highest BCUT2D eigenvalue weighted by molar-refractivity contribution is 6.77. The highest BCUT2D eigenvalue weighted by Gasteiger charge is 2.38. The van der Waals surface area contributed by atoms with Gasteiger partial charge in [-0.15, -0.1) is 0 Å². The Bertz CT molecular complexity index is 495. The predicted molar refractivity (Wildman–Crippen MR) is 94.7 cm³/mol. The molecular formula is C19H32OSi. The van der Waals surface area contributed by atoms with Gasteiger partial charge in [-0.2, -0.15) is 0 Å². The Hall–Kier alpha value is -0.603. The molecule has 2 heteroatoms. The third kappa shape index (κ3) is 4.20. The van der Waals surface area contributed by atoms with Gasteiger partial charge in [0, 0.05) is 0 Å². The number of hydrogen-bond donors (Lipinski definition) is 0. The SMILES string of the molecule is CC(C)c1cc(C(C)[Si](C)(C)C)ccc1COC1(C)CC1. The molecule has 0 aromatic heterocycles. The molecular weight excluding hydrogens is 272 g/mol. The zero-order valence-corrected chi connectivity index (χ0v) is 15.9. The van der Waals surface area contributed by atoms with Gasteiger partial charge in [-0.3, -0.25) is 0 Å². The van der Waals surface area contributed by atoms with E-state index in [2.05, 4.69) is 65.5 Å². The molecule has 1 aromatic rings. The summed E-state index contributed by atoms with van der Waals surface area (Å²) in [6.07, 6.45) is 2.43. The van der Waals surface area contributed by atoms with Crippen LogP contribution in [0.5, 0.6) is 0 Å². The fraction of sp³-hybridized carbons (Fsp3) is 0.684. The van der Waals surface area contributed by atoms with Crippen molar-refractivity contribution in [3.63, 3.8) is 0 Å². The average Bonchev–Trinajstić information content (AvgIpc) is 3.12. The van der Waals surface area contributed by atoms with Crippen LogP contribution in [0, 0.1) is 0 Å². The second kappa shape index (κ2) is 5.89. The van der Waals surface area contributed by atoms with E-state index in [1.54, 1.807) is 0 Å². The van der Waals surface area contributed by atoms with E-state index < -0.39 is 8.07 Å². The van der Waals surface area contributed by atoms with Crippen LogP contribution < -0.4 is 0 Å². The number of hydrogen-bond acceptors (Lipinski definition) is 1. The van der Waals surface area contributed by atoms with Gasteiger partial charge in [-0.1, -0.05) is 58.6 Å². The number of ether oxygens (including phenoxy) is 1. The second-order valence-electron chi connectivity index (χ2n) is 8.44. The lowest BCUT2D eigenvalue weighted by atomic mass is 9.94. The highest BCUT2D eigenvalue weighted by Crippen LogP contribution is 2.40. The van der Waals surface area contributed by atoms with Gasteiger partial charge in [-0.05, 0) is 47.9 Å². The maximum Gasteiger partial charge on any atom is 0.0727 e. The Morgan fingerprint density at radius 1 is 1.14 bits per heavy atom. The topological polar surface area (TPSA) is 9.23 Å². The Kier molecular flexibility index (Phi) is 4.70. The van der Waals surface area contributed by atoms with E-state index in [1.807, 2.05) is 0 Å². The molecule has 1 unspecified atom stereocenters. The minimum atomic E-state index is -1.15. The number of benzene rings is 1. The van der Waals surface area contributed by atoms with Crippen LogP contribution in [0.1, 0.15) is 68.7 Å². The van der Waals surface area contributed by atoms with Crippen molar-refractivity contribution >= 4 is 8.07 Å². The first-order chi connectivity index (χ1) is 9.62. The van der Waals surface area contributed by atoms with Gasteiger partial charge >= 0.3 is 0 Å².